The van der Waals surface area contributed by atoms with Crippen LogP contribution in [-0.2, 0) is 0 Å². The Morgan fingerprint density at radius 2 is 2.24 bits per heavy atom. The Labute approximate surface area is 144 Å². The summed E-state index contributed by atoms with van der Waals surface area (Å²) >= 11 is 0. The second kappa shape index (κ2) is 6.21. The van der Waals surface area contributed by atoms with Crippen LogP contribution in [0.4, 0.5) is 0 Å². The smallest absolute Gasteiger partial charge is 0.230 e. The average molecular weight is 330 g/mol. The predicted octanol–water partition coefficient (Wildman–Crippen LogP) is 3.54. The average Bonchev–Trinajstić information content (AvgIpc) is 3.25. The van der Waals surface area contributed by atoms with Gasteiger partial charge in [-0.3, -0.25) is 9.98 Å². The van der Waals surface area contributed by atoms with Crippen LogP contribution in [0.15, 0.2) is 57.7 Å². The highest BCUT2D eigenvalue weighted by atomic mass is 16.5. The van der Waals surface area contributed by atoms with Gasteiger partial charge in [0.05, 0.1) is 17.2 Å². The van der Waals surface area contributed by atoms with Gasteiger partial charge in [0.2, 0.25) is 5.89 Å². The summed E-state index contributed by atoms with van der Waals surface area (Å²) in [6, 6.07) is 9.44. The third-order valence-electron chi connectivity index (χ3n) is 3.87. The molecule has 0 amide bonds. The fourth-order valence-electron chi connectivity index (χ4n) is 2.64. The van der Waals surface area contributed by atoms with Gasteiger partial charge in [0.1, 0.15) is 23.9 Å². The second-order valence-electron chi connectivity index (χ2n) is 5.73. The monoisotopic (exact) mass is 330 g/mol. The summed E-state index contributed by atoms with van der Waals surface area (Å²) in [6.45, 7) is 2.49. The second-order valence-corrected chi connectivity index (χ2v) is 5.73. The van der Waals surface area contributed by atoms with Crippen LogP contribution in [0.25, 0.3) is 22.6 Å². The molecule has 1 aromatic carbocycles. The molecule has 4 rings (SSSR count). The number of benzene rings is 1. The topological polar surface area (TPSA) is 84.3 Å². The molecule has 0 spiro atoms. The lowest BCUT2D eigenvalue weighted by molar-refractivity contribution is 0.358. The van der Waals surface area contributed by atoms with Gasteiger partial charge in [0.25, 0.3) is 0 Å². The van der Waals surface area contributed by atoms with E-state index in [9.17, 15) is 5.26 Å². The number of oxazole rings is 1. The minimum Gasteiger partial charge on any atom is -0.489 e. The van der Waals surface area contributed by atoms with Crippen molar-refractivity contribution in [3.05, 3.63) is 53.9 Å². The van der Waals surface area contributed by atoms with Crippen LogP contribution in [-0.4, -0.2) is 28.8 Å². The molecule has 0 aliphatic carbocycles. The minimum absolute atomic E-state index is 0.216. The van der Waals surface area contributed by atoms with Crippen LogP contribution in [0.3, 0.4) is 0 Å². The number of nitrogens with zero attached hydrogens (tertiary/aromatic N) is 4. The van der Waals surface area contributed by atoms with E-state index in [0.717, 1.165) is 5.57 Å². The number of pyridine rings is 1. The molecule has 3 heterocycles. The maximum atomic E-state index is 9.21. The normalized spacial score (nSPS) is 16.0. The van der Waals surface area contributed by atoms with E-state index in [4.69, 9.17) is 9.15 Å². The van der Waals surface area contributed by atoms with Gasteiger partial charge in [-0.1, -0.05) is 6.08 Å². The van der Waals surface area contributed by atoms with Gasteiger partial charge in [0.15, 0.2) is 5.58 Å². The van der Waals surface area contributed by atoms with Crippen LogP contribution in [0.5, 0.6) is 5.75 Å². The highest BCUT2D eigenvalue weighted by Gasteiger charge is 2.13. The molecule has 3 aromatic rings. The Hall–Kier alpha value is -3.46. The maximum absolute atomic E-state index is 9.21. The molecule has 1 unspecified atom stereocenters. The number of aromatic nitrogens is 2. The molecule has 2 aromatic heterocycles. The summed E-state index contributed by atoms with van der Waals surface area (Å²) in [6.07, 6.45) is 7.05. The van der Waals surface area contributed by atoms with Gasteiger partial charge in [-0.2, -0.15) is 5.26 Å². The number of rotatable bonds is 4. The lowest BCUT2D eigenvalue weighted by Gasteiger charge is -2.04. The Balaban J connectivity index is 1.60. The summed E-state index contributed by atoms with van der Waals surface area (Å²) in [5, 5.41) is 9.21. The van der Waals surface area contributed by atoms with Crippen molar-refractivity contribution in [2.24, 2.45) is 4.99 Å². The van der Waals surface area contributed by atoms with Crippen molar-refractivity contribution in [3.8, 4) is 23.3 Å². The van der Waals surface area contributed by atoms with Gasteiger partial charge in [-0.15, -0.1) is 0 Å². The molecule has 1 aliphatic heterocycles. The van der Waals surface area contributed by atoms with Crippen molar-refractivity contribution >= 4 is 17.3 Å². The fourth-order valence-corrected chi connectivity index (χ4v) is 2.64. The molecule has 6 heteroatoms. The molecule has 122 valence electrons. The zero-order valence-electron chi connectivity index (χ0n) is 13.5. The Bertz CT molecular complexity index is 1040. The van der Waals surface area contributed by atoms with Gasteiger partial charge >= 0.3 is 0 Å². The molecular weight excluding hydrogens is 316 g/mol. The van der Waals surface area contributed by atoms with Crippen molar-refractivity contribution < 1.29 is 9.15 Å². The van der Waals surface area contributed by atoms with E-state index in [1.54, 1.807) is 18.5 Å². The third-order valence-corrected chi connectivity index (χ3v) is 3.87. The van der Waals surface area contributed by atoms with Crippen LogP contribution < -0.4 is 4.74 Å². The van der Waals surface area contributed by atoms with Crippen molar-refractivity contribution in [1.82, 2.24) is 9.97 Å². The maximum Gasteiger partial charge on any atom is 0.230 e. The Morgan fingerprint density at radius 1 is 1.32 bits per heavy atom. The zero-order valence-corrected chi connectivity index (χ0v) is 13.5. The summed E-state index contributed by atoms with van der Waals surface area (Å²) in [5.74, 6) is 1.07. The third kappa shape index (κ3) is 3.00. The summed E-state index contributed by atoms with van der Waals surface area (Å²) < 4.78 is 11.6. The number of hydrogen-bond donors (Lipinski definition) is 0. The molecule has 1 aliphatic rings. The SMILES string of the molecule is CC1C=C(COc2ccc3oc(-c4cnccc4C#N)nc3c2)C=N1. The van der Waals surface area contributed by atoms with Gasteiger partial charge in [-0.25, -0.2) is 4.98 Å². The van der Waals surface area contributed by atoms with E-state index in [1.807, 2.05) is 31.3 Å². The molecule has 0 bridgehead atoms. The number of nitriles is 1. The molecule has 0 fully saturated rings. The zero-order chi connectivity index (χ0) is 17.2. The molecule has 6 nitrogen and oxygen atoms in total. The highest BCUT2D eigenvalue weighted by Crippen LogP contribution is 2.28. The quantitative estimate of drug-likeness (QED) is 0.730. The molecule has 0 radical (unpaired) electrons. The Morgan fingerprint density at radius 3 is 3.04 bits per heavy atom. The first kappa shape index (κ1) is 15.1. The van der Waals surface area contributed by atoms with Crippen molar-refractivity contribution in [2.45, 2.75) is 13.0 Å². The first-order valence-electron chi connectivity index (χ1n) is 7.84. The molecular formula is C19H14N4O2. The van der Waals surface area contributed by atoms with Crippen LogP contribution in [0.1, 0.15) is 12.5 Å². The fraction of sp³-hybridized carbons (Fsp3) is 0.158. The van der Waals surface area contributed by atoms with E-state index in [0.29, 0.717) is 40.5 Å². The van der Waals surface area contributed by atoms with E-state index in [-0.39, 0.29) is 6.04 Å². The minimum atomic E-state index is 0.216. The lowest BCUT2D eigenvalue weighted by Crippen LogP contribution is -2.00. The number of aliphatic imine (C=N–C) groups is 1. The summed E-state index contributed by atoms with van der Waals surface area (Å²) in [4.78, 5) is 12.8. The largest absolute Gasteiger partial charge is 0.489 e. The first-order valence-corrected chi connectivity index (χ1v) is 7.84. The highest BCUT2D eigenvalue weighted by molar-refractivity contribution is 5.82. The molecule has 25 heavy (non-hydrogen) atoms. The summed E-state index contributed by atoms with van der Waals surface area (Å²) in [7, 11) is 0. The number of ether oxygens (including phenoxy) is 1. The number of fused-ring (bicyclic) bond motifs is 1. The standard InChI is InChI=1S/C19H14N4O2/c1-12-6-13(9-22-12)11-24-15-2-3-18-17(7-15)23-19(25-18)16-10-21-5-4-14(16)8-20/h2-7,9-10,12H,11H2,1H3. The predicted molar refractivity (Wildman–Crippen MR) is 93.5 cm³/mol. The van der Waals surface area contributed by atoms with Gasteiger partial charge in [-0.05, 0) is 25.1 Å². The molecule has 0 saturated heterocycles. The summed E-state index contributed by atoms with van der Waals surface area (Å²) in [5.41, 5.74) is 3.40. The van der Waals surface area contributed by atoms with Crippen molar-refractivity contribution in [1.29, 1.82) is 5.26 Å². The van der Waals surface area contributed by atoms with Gasteiger partial charge in [0, 0.05) is 30.2 Å². The van der Waals surface area contributed by atoms with Crippen LogP contribution >= 0.6 is 0 Å². The van der Waals surface area contributed by atoms with Crippen LogP contribution in [0.2, 0.25) is 0 Å². The van der Waals surface area contributed by atoms with Gasteiger partial charge < -0.3 is 9.15 Å². The molecule has 0 N–H and O–H groups in total. The number of hydrogen-bond acceptors (Lipinski definition) is 6. The molecule has 1 atom stereocenters. The van der Waals surface area contributed by atoms with E-state index >= 15 is 0 Å². The lowest BCUT2D eigenvalue weighted by atomic mass is 10.1. The first-order chi connectivity index (χ1) is 12.2. The van der Waals surface area contributed by atoms with Crippen LogP contribution in [0, 0.1) is 11.3 Å². The van der Waals surface area contributed by atoms with E-state index < -0.39 is 0 Å². The van der Waals surface area contributed by atoms with E-state index in [2.05, 4.69) is 27.1 Å². The van der Waals surface area contributed by atoms with Crippen molar-refractivity contribution in [2.75, 3.05) is 6.61 Å². The van der Waals surface area contributed by atoms with E-state index in [1.165, 1.54) is 0 Å². The molecule has 0 saturated carbocycles. The van der Waals surface area contributed by atoms with Crippen molar-refractivity contribution in [3.63, 3.8) is 0 Å². The Kier molecular flexibility index (Phi) is 3.75.